The van der Waals surface area contributed by atoms with E-state index in [0.29, 0.717) is 0 Å². The lowest BCUT2D eigenvalue weighted by Gasteiger charge is -2.14. The smallest absolute Gasteiger partial charge is 0.132 e. The van der Waals surface area contributed by atoms with Gasteiger partial charge in [0.2, 0.25) is 0 Å². The van der Waals surface area contributed by atoms with Crippen molar-refractivity contribution in [3.8, 4) is 11.3 Å². The summed E-state index contributed by atoms with van der Waals surface area (Å²) in [6.07, 6.45) is 1.63. The fourth-order valence-corrected chi connectivity index (χ4v) is 2.31. The minimum Gasteiger partial charge on any atom is -0.363 e. The molecule has 0 saturated heterocycles. The summed E-state index contributed by atoms with van der Waals surface area (Å²) in [6.45, 7) is 6.38. The van der Waals surface area contributed by atoms with Crippen LogP contribution in [0.1, 0.15) is 16.7 Å². The van der Waals surface area contributed by atoms with Crippen molar-refractivity contribution >= 4 is 5.82 Å². The maximum Gasteiger partial charge on any atom is 0.132 e. The maximum absolute atomic E-state index is 4.41. The molecule has 0 aliphatic rings. The molecule has 0 unspecified atom stereocenters. The van der Waals surface area contributed by atoms with Gasteiger partial charge in [0.1, 0.15) is 12.1 Å². The Labute approximate surface area is 109 Å². The van der Waals surface area contributed by atoms with Crippen molar-refractivity contribution in [2.24, 2.45) is 0 Å². The second-order valence-electron chi connectivity index (χ2n) is 4.93. The summed E-state index contributed by atoms with van der Waals surface area (Å²) in [5.41, 5.74) is 6.01. The molecule has 0 aliphatic carbocycles. The molecule has 3 nitrogen and oxygen atoms in total. The first kappa shape index (κ1) is 12.6. The Balaban J connectivity index is 2.59. The Morgan fingerprint density at radius 1 is 0.889 bits per heavy atom. The molecule has 0 N–H and O–H groups in total. The van der Waals surface area contributed by atoms with Gasteiger partial charge >= 0.3 is 0 Å². The minimum atomic E-state index is 0.930. The average Bonchev–Trinajstić information content (AvgIpc) is 2.28. The summed E-state index contributed by atoms with van der Waals surface area (Å²) in [4.78, 5) is 10.7. The Hall–Kier alpha value is -1.90. The average molecular weight is 241 g/mol. The Morgan fingerprint density at radius 2 is 1.50 bits per heavy atom. The third-order valence-corrected chi connectivity index (χ3v) is 3.04. The lowest BCUT2D eigenvalue weighted by molar-refractivity contribution is 1.04. The van der Waals surface area contributed by atoms with Crippen molar-refractivity contribution in [1.29, 1.82) is 0 Å². The van der Waals surface area contributed by atoms with Crippen LogP contribution in [0, 0.1) is 20.8 Å². The number of rotatable bonds is 2. The van der Waals surface area contributed by atoms with Gasteiger partial charge in [-0.15, -0.1) is 0 Å². The lowest BCUT2D eigenvalue weighted by atomic mass is 9.97. The van der Waals surface area contributed by atoms with Crippen LogP contribution < -0.4 is 4.90 Å². The topological polar surface area (TPSA) is 29.0 Å². The minimum absolute atomic E-state index is 0.930. The zero-order valence-corrected chi connectivity index (χ0v) is 11.7. The molecule has 1 aromatic heterocycles. The third kappa shape index (κ3) is 2.35. The van der Waals surface area contributed by atoms with Crippen molar-refractivity contribution in [3.05, 3.63) is 41.2 Å². The highest BCUT2D eigenvalue weighted by Crippen LogP contribution is 2.27. The van der Waals surface area contributed by atoms with Crippen molar-refractivity contribution < 1.29 is 0 Å². The van der Waals surface area contributed by atoms with Crippen LogP contribution in [0.5, 0.6) is 0 Å². The largest absolute Gasteiger partial charge is 0.363 e. The normalized spacial score (nSPS) is 10.5. The molecule has 0 fully saturated rings. The van der Waals surface area contributed by atoms with Gasteiger partial charge in [0.25, 0.3) is 0 Å². The van der Waals surface area contributed by atoms with Gasteiger partial charge in [-0.3, -0.25) is 0 Å². The molecular weight excluding hydrogens is 222 g/mol. The molecular formula is C15H19N3. The highest BCUT2D eigenvalue weighted by atomic mass is 15.1. The SMILES string of the molecule is Cc1cc(C)c(-c2cc(N(C)C)ncn2)c(C)c1. The van der Waals surface area contributed by atoms with Gasteiger partial charge in [0.15, 0.2) is 0 Å². The standard InChI is InChI=1S/C15H19N3/c1-10-6-11(2)15(12(3)7-10)13-8-14(18(4)5)17-9-16-13/h6-9H,1-5H3. The number of benzene rings is 1. The Kier molecular flexibility index (Phi) is 3.32. The van der Waals surface area contributed by atoms with Gasteiger partial charge in [0.05, 0.1) is 5.69 Å². The van der Waals surface area contributed by atoms with Crippen molar-refractivity contribution in [3.63, 3.8) is 0 Å². The van der Waals surface area contributed by atoms with Crippen LogP contribution in [0.15, 0.2) is 24.5 Å². The summed E-state index contributed by atoms with van der Waals surface area (Å²) in [7, 11) is 3.97. The maximum atomic E-state index is 4.41. The van der Waals surface area contributed by atoms with Crippen LogP contribution in [-0.4, -0.2) is 24.1 Å². The van der Waals surface area contributed by atoms with E-state index in [4.69, 9.17) is 0 Å². The van der Waals surface area contributed by atoms with Crippen LogP contribution in [-0.2, 0) is 0 Å². The quantitative estimate of drug-likeness (QED) is 0.809. The van der Waals surface area contributed by atoms with E-state index >= 15 is 0 Å². The molecule has 0 aliphatic heterocycles. The van der Waals surface area contributed by atoms with Crippen LogP contribution in [0.4, 0.5) is 5.82 Å². The van der Waals surface area contributed by atoms with E-state index < -0.39 is 0 Å². The number of aryl methyl sites for hydroxylation is 3. The second kappa shape index (κ2) is 4.77. The van der Waals surface area contributed by atoms with Gasteiger partial charge in [-0.1, -0.05) is 17.7 Å². The molecule has 0 amide bonds. The molecule has 0 spiro atoms. The second-order valence-corrected chi connectivity index (χ2v) is 4.93. The first-order valence-corrected chi connectivity index (χ1v) is 6.06. The van der Waals surface area contributed by atoms with E-state index in [1.807, 2.05) is 25.1 Å². The summed E-state index contributed by atoms with van der Waals surface area (Å²) in [6, 6.07) is 6.42. The molecule has 18 heavy (non-hydrogen) atoms. The van der Waals surface area contributed by atoms with Crippen LogP contribution in [0.3, 0.4) is 0 Å². The molecule has 1 aromatic carbocycles. The van der Waals surface area contributed by atoms with Gasteiger partial charge < -0.3 is 4.90 Å². The van der Waals surface area contributed by atoms with E-state index in [0.717, 1.165) is 11.5 Å². The lowest BCUT2D eigenvalue weighted by Crippen LogP contribution is -2.11. The highest BCUT2D eigenvalue weighted by Gasteiger charge is 2.09. The Morgan fingerprint density at radius 3 is 2.06 bits per heavy atom. The number of nitrogens with zero attached hydrogens (tertiary/aromatic N) is 3. The molecule has 0 saturated carbocycles. The van der Waals surface area contributed by atoms with Gasteiger partial charge in [0, 0.05) is 25.7 Å². The molecule has 0 bridgehead atoms. The molecule has 1 heterocycles. The highest BCUT2D eigenvalue weighted by molar-refractivity contribution is 5.70. The molecule has 94 valence electrons. The van der Waals surface area contributed by atoms with Gasteiger partial charge in [-0.2, -0.15) is 0 Å². The monoisotopic (exact) mass is 241 g/mol. The first-order valence-electron chi connectivity index (χ1n) is 6.06. The number of aromatic nitrogens is 2. The summed E-state index contributed by atoms with van der Waals surface area (Å²) < 4.78 is 0. The Bertz CT molecular complexity index is 551. The number of hydrogen-bond donors (Lipinski definition) is 0. The summed E-state index contributed by atoms with van der Waals surface area (Å²) in [5.74, 6) is 0.930. The predicted octanol–water partition coefficient (Wildman–Crippen LogP) is 3.13. The van der Waals surface area contributed by atoms with Gasteiger partial charge in [-0.25, -0.2) is 9.97 Å². The summed E-state index contributed by atoms with van der Waals surface area (Å²) in [5, 5.41) is 0. The van der Waals surface area contributed by atoms with Crippen LogP contribution in [0.2, 0.25) is 0 Å². The van der Waals surface area contributed by atoms with Crippen molar-refractivity contribution in [2.75, 3.05) is 19.0 Å². The zero-order chi connectivity index (χ0) is 13.3. The molecule has 2 rings (SSSR count). The number of anilines is 1. The van der Waals surface area contributed by atoms with Crippen molar-refractivity contribution in [2.45, 2.75) is 20.8 Å². The van der Waals surface area contributed by atoms with Crippen LogP contribution >= 0.6 is 0 Å². The molecule has 2 aromatic rings. The van der Waals surface area contributed by atoms with E-state index in [2.05, 4.69) is 42.9 Å². The number of hydrogen-bond acceptors (Lipinski definition) is 3. The zero-order valence-electron chi connectivity index (χ0n) is 11.7. The molecule has 0 atom stereocenters. The summed E-state index contributed by atoms with van der Waals surface area (Å²) >= 11 is 0. The third-order valence-electron chi connectivity index (χ3n) is 3.04. The van der Waals surface area contributed by atoms with E-state index in [1.165, 1.54) is 22.3 Å². The fraction of sp³-hybridized carbons (Fsp3) is 0.333. The van der Waals surface area contributed by atoms with E-state index in [1.54, 1.807) is 6.33 Å². The predicted molar refractivity (Wildman–Crippen MR) is 76.0 cm³/mol. The first-order chi connectivity index (χ1) is 8.49. The fourth-order valence-electron chi connectivity index (χ4n) is 2.31. The van der Waals surface area contributed by atoms with Crippen LogP contribution in [0.25, 0.3) is 11.3 Å². The molecule has 3 heteroatoms. The van der Waals surface area contributed by atoms with Crippen molar-refractivity contribution in [1.82, 2.24) is 9.97 Å². The van der Waals surface area contributed by atoms with E-state index in [9.17, 15) is 0 Å². The van der Waals surface area contributed by atoms with Gasteiger partial charge in [-0.05, 0) is 31.9 Å². The van der Waals surface area contributed by atoms with E-state index in [-0.39, 0.29) is 0 Å². The molecule has 0 radical (unpaired) electrons.